The highest BCUT2D eigenvalue weighted by molar-refractivity contribution is 6.71. The van der Waals surface area contributed by atoms with Gasteiger partial charge < -0.3 is 9.53 Å². The van der Waals surface area contributed by atoms with Gasteiger partial charge in [0.1, 0.15) is 0 Å². The highest BCUT2D eigenvalue weighted by Crippen LogP contribution is 2.40. The Morgan fingerprint density at radius 2 is 2.00 bits per heavy atom. The summed E-state index contributed by atoms with van der Waals surface area (Å²) >= 11 is 0. The van der Waals surface area contributed by atoms with Crippen LogP contribution in [0.25, 0.3) is 0 Å². The maximum absolute atomic E-state index is 8.78. The molecule has 1 fully saturated rings. The first-order valence-corrected chi connectivity index (χ1v) is 9.30. The first-order valence-electron chi connectivity index (χ1n) is 6.18. The van der Waals surface area contributed by atoms with Crippen LogP contribution in [0.3, 0.4) is 0 Å². The number of hydrogen-bond acceptors (Lipinski definition) is 2. The van der Waals surface area contributed by atoms with Crippen LogP contribution in [0.4, 0.5) is 0 Å². The van der Waals surface area contributed by atoms with Crippen LogP contribution in [0, 0.1) is 5.92 Å². The summed E-state index contributed by atoms with van der Waals surface area (Å²) in [5.74, 6) is 0.685. The molecule has 1 N–H and O–H groups in total. The molecule has 0 aromatic carbocycles. The smallest absolute Gasteiger partial charge is 0.187 e. The second-order valence-electron chi connectivity index (χ2n) is 5.92. The monoisotopic (exact) mass is 230 g/mol. The van der Waals surface area contributed by atoms with Gasteiger partial charge in [-0.3, -0.25) is 0 Å². The predicted octanol–water partition coefficient (Wildman–Crippen LogP) is 3.17. The van der Waals surface area contributed by atoms with Crippen LogP contribution in [0.2, 0.25) is 19.1 Å². The number of aliphatic hydroxyl groups is 1. The van der Waals surface area contributed by atoms with Crippen molar-refractivity contribution in [3.05, 3.63) is 0 Å². The molecule has 0 bridgehead atoms. The van der Waals surface area contributed by atoms with E-state index in [1.165, 1.54) is 18.9 Å². The Bertz CT molecular complexity index is 202. The van der Waals surface area contributed by atoms with E-state index in [9.17, 15) is 0 Å². The molecule has 1 rings (SSSR count). The zero-order valence-corrected chi connectivity index (χ0v) is 11.7. The van der Waals surface area contributed by atoms with Crippen molar-refractivity contribution in [3.63, 3.8) is 0 Å². The molecule has 1 unspecified atom stereocenters. The minimum Gasteiger partial charge on any atom is -0.412 e. The number of unbranched alkanes of at least 4 members (excludes halogenated alkanes) is 1. The van der Waals surface area contributed by atoms with Gasteiger partial charge in [0.2, 0.25) is 0 Å². The zero-order chi connectivity index (χ0) is 11.5. The molecule has 0 saturated carbocycles. The van der Waals surface area contributed by atoms with Crippen LogP contribution < -0.4 is 0 Å². The fraction of sp³-hybridized carbons (Fsp3) is 1.00. The third-order valence-corrected chi connectivity index (χ3v) is 6.15. The lowest BCUT2D eigenvalue weighted by molar-refractivity contribution is 0.00897. The summed E-state index contributed by atoms with van der Waals surface area (Å²) < 4.78 is 6.28. The molecular formula is C12H26O2Si. The summed E-state index contributed by atoms with van der Waals surface area (Å²) in [6.07, 6.45) is 4.60. The zero-order valence-electron chi connectivity index (χ0n) is 10.7. The van der Waals surface area contributed by atoms with E-state index in [0.717, 1.165) is 12.8 Å². The Hall–Kier alpha value is 0.137. The molecular weight excluding hydrogens is 204 g/mol. The van der Waals surface area contributed by atoms with E-state index in [4.69, 9.17) is 9.53 Å². The highest BCUT2D eigenvalue weighted by Gasteiger charge is 2.41. The highest BCUT2D eigenvalue weighted by atomic mass is 28.4. The van der Waals surface area contributed by atoms with Crippen molar-refractivity contribution in [2.45, 2.75) is 64.3 Å². The molecule has 0 aliphatic carbocycles. The van der Waals surface area contributed by atoms with Crippen LogP contribution in [-0.2, 0) is 4.43 Å². The molecule has 0 spiro atoms. The molecule has 2 nitrogen and oxygen atoms in total. The summed E-state index contributed by atoms with van der Waals surface area (Å²) in [6.45, 7) is 9.45. The Kier molecular flexibility index (Phi) is 4.38. The van der Waals surface area contributed by atoms with Crippen LogP contribution in [-0.4, -0.2) is 25.6 Å². The van der Waals surface area contributed by atoms with E-state index in [1.807, 2.05) is 0 Å². The lowest BCUT2D eigenvalue weighted by Crippen LogP contribution is -2.50. The van der Waals surface area contributed by atoms with E-state index in [-0.39, 0.29) is 5.60 Å². The van der Waals surface area contributed by atoms with E-state index >= 15 is 0 Å². The second-order valence-corrected chi connectivity index (χ2v) is 10.1. The Morgan fingerprint density at radius 1 is 1.33 bits per heavy atom. The molecule has 0 amide bonds. The molecule has 3 heteroatoms. The maximum atomic E-state index is 8.78. The molecule has 1 aliphatic heterocycles. The quantitative estimate of drug-likeness (QED) is 0.594. The topological polar surface area (TPSA) is 29.5 Å². The molecule has 1 atom stereocenters. The van der Waals surface area contributed by atoms with Gasteiger partial charge in [0.05, 0.1) is 5.60 Å². The molecule has 90 valence electrons. The minimum absolute atomic E-state index is 0.0590. The van der Waals surface area contributed by atoms with Crippen molar-refractivity contribution in [2.24, 2.45) is 5.92 Å². The van der Waals surface area contributed by atoms with Gasteiger partial charge in [-0.05, 0) is 58.2 Å². The third-order valence-electron chi connectivity index (χ3n) is 3.58. The molecule has 1 aliphatic rings. The first kappa shape index (κ1) is 13.2. The standard InChI is InChI=1S/C12H26O2Si/c1-12(2)11(7-5-6-9-13)8-10-15(3,4)14-12/h11,13H,5-10H2,1-4H3. The normalized spacial score (nSPS) is 29.0. The second kappa shape index (κ2) is 4.98. The molecule has 15 heavy (non-hydrogen) atoms. The molecule has 1 heterocycles. The number of aliphatic hydroxyl groups excluding tert-OH is 1. The largest absolute Gasteiger partial charge is 0.412 e. The van der Waals surface area contributed by atoms with Crippen LogP contribution in [0.15, 0.2) is 0 Å². The lowest BCUT2D eigenvalue weighted by atomic mass is 9.84. The van der Waals surface area contributed by atoms with Gasteiger partial charge in [0.15, 0.2) is 8.32 Å². The number of hydrogen-bond donors (Lipinski definition) is 1. The van der Waals surface area contributed by atoms with E-state index in [0.29, 0.717) is 12.5 Å². The average molecular weight is 230 g/mol. The summed E-state index contributed by atoms with van der Waals surface area (Å²) in [5, 5.41) is 8.78. The van der Waals surface area contributed by atoms with Crippen molar-refractivity contribution in [1.29, 1.82) is 0 Å². The van der Waals surface area contributed by atoms with Crippen molar-refractivity contribution in [2.75, 3.05) is 6.61 Å². The Morgan fingerprint density at radius 3 is 2.53 bits per heavy atom. The maximum Gasteiger partial charge on any atom is 0.187 e. The molecule has 0 aromatic heterocycles. The van der Waals surface area contributed by atoms with Gasteiger partial charge in [0, 0.05) is 6.61 Å². The first-order chi connectivity index (χ1) is 6.87. The summed E-state index contributed by atoms with van der Waals surface area (Å²) in [7, 11) is -1.36. The SMILES string of the molecule is CC1(C)O[Si](C)(C)CCC1CCCCO. The molecule has 0 radical (unpaired) electrons. The Labute approximate surface area is 95.2 Å². The summed E-state index contributed by atoms with van der Waals surface area (Å²) in [5.41, 5.74) is 0.0590. The molecule has 1 saturated heterocycles. The van der Waals surface area contributed by atoms with E-state index in [1.54, 1.807) is 0 Å². The van der Waals surface area contributed by atoms with E-state index < -0.39 is 8.32 Å². The van der Waals surface area contributed by atoms with Gasteiger partial charge in [-0.15, -0.1) is 0 Å². The average Bonchev–Trinajstić information content (AvgIpc) is 2.06. The van der Waals surface area contributed by atoms with Crippen molar-refractivity contribution in [1.82, 2.24) is 0 Å². The van der Waals surface area contributed by atoms with Crippen molar-refractivity contribution in [3.8, 4) is 0 Å². The summed E-state index contributed by atoms with van der Waals surface area (Å²) in [4.78, 5) is 0. The van der Waals surface area contributed by atoms with Crippen LogP contribution in [0.5, 0.6) is 0 Å². The third kappa shape index (κ3) is 3.89. The van der Waals surface area contributed by atoms with Gasteiger partial charge in [-0.2, -0.15) is 0 Å². The Balaban J connectivity index is 2.45. The van der Waals surface area contributed by atoms with Gasteiger partial charge in [-0.1, -0.05) is 6.42 Å². The van der Waals surface area contributed by atoms with Gasteiger partial charge in [0.25, 0.3) is 0 Å². The fourth-order valence-corrected chi connectivity index (χ4v) is 5.45. The lowest BCUT2D eigenvalue weighted by Gasteiger charge is -2.46. The van der Waals surface area contributed by atoms with Gasteiger partial charge in [-0.25, -0.2) is 0 Å². The van der Waals surface area contributed by atoms with E-state index in [2.05, 4.69) is 26.9 Å². The van der Waals surface area contributed by atoms with Gasteiger partial charge >= 0.3 is 0 Å². The van der Waals surface area contributed by atoms with Crippen molar-refractivity contribution < 1.29 is 9.53 Å². The van der Waals surface area contributed by atoms with Crippen molar-refractivity contribution >= 4 is 8.32 Å². The summed E-state index contributed by atoms with van der Waals surface area (Å²) in [6, 6.07) is 1.29. The predicted molar refractivity (Wildman–Crippen MR) is 66.5 cm³/mol. The fourth-order valence-electron chi connectivity index (χ4n) is 2.71. The minimum atomic E-state index is -1.36. The molecule has 0 aromatic rings. The van der Waals surface area contributed by atoms with Crippen LogP contribution in [0.1, 0.15) is 39.5 Å². The number of rotatable bonds is 4. The van der Waals surface area contributed by atoms with Crippen LogP contribution >= 0.6 is 0 Å².